The van der Waals surface area contributed by atoms with Gasteiger partial charge in [0.2, 0.25) is 0 Å². The number of rotatable bonds is 9. The predicted molar refractivity (Wildman–Crippen MR) is 113 cm³/mol. The Hall–Kier alpha value is -2.28. The minimum atomic E-state index is -0.473. The third-order valence-electron chi connectivity index (χ3n) is 5.28. The summed E-state index contributed by atoms with van der Waals surface area (Å²) in [5.41, 5.74) is 2.08. The van der Waals surface area contributed by atoms with Crippen molar-refractivity contribution in [1.82, 2.24) is 10.6 Å². The van der Waals surface area contributed by atoms with Crippen LogP contribution in [0.1, 0.15) is 44.6 Å². The summed E-state index contributed by atoms with van der Waals surface area (Å²) in [4.78, 5) is 16.0. The topological polar surface area (TPSA) is 84.0 Å². The second-order valence-corrected chi connectivity index (χ2v) is 7.31. The summed E-state index contributed by atoms with van der Waals surface area (Å²) >= 11 is 0. The molecule has 7 heteroatoms. The van der Waals surface area contributed by atoms with E-state index in [4.69, 9.17) is 9.73 Å². The number of carbonyl (C=O) groups is 1. The normalized spacial score (nSPS) is 15.9. The van der Waals surface area contributed by atoms with Crippen LogP contribution < -0.4 is 16.0 Å². The van der Waals surface area contributed by atoms with Crippen LogP contribution in [0.4, 0.5) is 10.5 Å². The second-order valence-electron chi connectivity index (χ2n) is 7.31. The Morgan fingerprint density at radius 3 is 2.46 bits per heavy atom. The minimum Gasteiger partial charge on any atom is -0.453 e. The lowest BCUT2D eigenvalue weighted by molar-refractivity contribution is 0.138. The standard InChI is InChI=1S/C21H34N4O3/c1-4-22-19(24-16-21(13-14-27-2)11-5-6-12-21)23-15-17-7-9-18(10-8-17)25-20(26)28-3/h7-10H,4-6,11-16H2,1-3H3,(H,25,26)(H2,22,23,24). The number of aliphatic imine (C=N–C) groups is 1. The summed E-state index contributed by atoms with van der Waals surface area (Å²) in [5, 5.41) is 9.51. The maximum absolute atomic E-state index is 11.2. The Morgan fingerprint density at radius 1 is 1.14 bits per heavy atom. The number of nitrogens with one attached hydrogen (secondary N) is 3. The molecule has 156 valence electrons. The first-order valence-corrected chi connectivity index (χ1v) is 10.1. The van der Waals surface area contributed by atoms with Crippen LogP contribution in [0.3, 0.4) is 0 Å². The van der Waals surface area contributed by atoms with Crippen LogP contribution in [-0.2, 0) is 16.0 Å². The number of amides is 1. The molecule has 28 heavy (non-hydrogen) atoms. The first kappa shape index (κ1) is 22.0. The molecule has 3 N–H and O–H groups in total. The van der Waals surface area contributed by atoms with E-state index in [0.717, 1.165) is 37.6 Å². The van der Waals surface area contributed by atoms with Gasteiger partial charge in [-0.2, -0.15) is 0 Å². The van der Waals surface area contributed by atoms with E-state index in [0.29, 0.717) is 17.6 Å². The minimum absolute atomic E-state index is 0.313. The lowest BCUT2D eigenvalue weighted by Crippen LogP contribution is -2.43. The summed E-state index contributed by atoms with van der Waals surface area (Å²) in [6, 6.07) is 7.60. The van der Waals surface area contributed by atoms with Gasteiger partial charge in [-0.25, -0.2) is 9.79 Å². The molecule has 0 aliphatic heterocycles. The zero-order valence-electron chi connectivity index (χ0n) is 17.3. The van der Waals surface area contributed by atoms with Crippen molar-refractivity contribution >= 4 is 17.7 Å². The quantitative estimate of drug-likeness (QED) is 0.444. The van der Waals surface area contributed by atoms with Gasteiger partial charge in [-0.3, -0.25) is 5.32 Å². The highest BCUT2D eigenvalue weighted by Crippen LogP contribution is 2.40. The SMILES string of the molecule is CCNC(=NCc1ccc(NC(=O)OC)cc1)NCC1(CCOC)CCCC1. The molecular weight excluding hydrogens is 356 g/mol. The van der Waals surface area contributed by atoms with Crippen LogP contribution in [-0.4, -0.2) is 46.0 Å². The molecule has 7 nitrogen and oxygen atoms in total. The van der Waals surface area contributed by atoms with Crippen LogP contribution in [0.25, 0.3) is 0 Å². The third kappa shape index (κ3) is 7.03. The van der Waals surface area contributed by atoms with E-state index < -0.39 is 6.09 Å². The van der Waals surface area contributed by atoms with Crippen LogP contribution in [0.5, 0.6) is 0 Å². The molecule has 0 heterocycles. The van der Waals surface area contributed by atoms with Gasteiger partial charge < -0.3 is 20.1 Å². The van der Waals surface area contributed by atoms with Crippen molar-refractivity contribution in [2.75, 3.05) is 39.2 Å². The van der Waals surface area contributed by atoms with Crippen LogP contribution in [0.15, 0.2) is 29.3 Å². The number of ether oxygens (including phenoxy) is 2. The van der Waals surface area contributed by atoms with Gasteiger partial charge in [0.15, 0.2) is 5.96 Å². The lowest BCUT2D eigenvalue weighted by Gasteiger charge is -2.30. The van der Waals surface area contributed by atoms with E-state index in [1.807, 2.05) is 24.3 Å². The molecule has 0 saturated heterocycles. The van der Waals surface area contributed by atoms with Crippen molar-refractivity contribution in [2.45, 2.75) is 45.6 Å². The van der Waals surface area contributed by atoms with Crippen molar-refractivity contribution in [1.29, 1.82) is 0 Å². The Balaban J connectivity index is 1.93. The molecular formula is C21H34N4O3. The molecule has 0 bridgehead atoms. The molecule has 0 atom stereocenters. The summed E-state index contributed by atoms with van der Waals surface area (Å²) in [5.74, 6) is 0.836. The van der Waals surface area contributed by atoms with E-state index in [2.05, 4.69) is 27.6 Å². The fourth-order valence-corrected chi connectivity index (χ4v) is 3.60. The molecule has 0 aromatic heterocycles. The first-order chi connectivity index (χ1) is 13.6. The van der Waals surface area contributed by atoms with Gasteiger partial charge in [0.1, 0.15) is 0 Å². The molecule has 0 spiro atoms. The highest BCUT2D eigenvalue weighted by Gasteiger charge is 2.33. The van der Waals surface area contributed by atoms with Crippen molar-refractivity contribution < 1.29 is 14.3 Å². The van der Waals surface area contributed by atoms with Crippen LogP contribution in [0.2, 0.25) is 0 Å². The fourth-order valence-electron chi connectivity index (χ4n) is 3.60. The largest absolute Gasteiger partial charge is 0.453 e. The molecule has 1 amide bonds. The maximum atomic E-state index is 11.2. The molecule has 0 unspecified atom stereocenters. The van der Waals surface area contributed by atoms with Gasteiger partial charge in [0.05, 0.1) is 13.7 Å². The molecule has 1 aliphatic rings. The number of hydrogen-bond donors (Lipinski definition) is 3. The summed E-state index contributed by atoms with van der Waals surface area (Å²) in [6.07, 6.45) is 5.70. The number of benzene rings is 1. The number of hydrogen-bond acceptors (Lipinski definition) is 4. The van der Waals surface area contributed by atoms with Gasteiger partial charge in [0, 0.05) is 32.5 Å². The van der Waals surface area contributed by atoms with Crippen LogP contribution >= 0.6 is 0 Å². The van der Waals surface area contributed by atoms with Gasteiger partial charge in [-0.15, -0.1) is 0 Å². The third-order valence-corrected chi connectivity index (χ3v) is 5.28. The molecule has 2 rings (SSSR count). The zero-order valence-corrected chi connectivity index (χ0v) is 17.3. The fraction of sp³-hybridized carbons (Fsp3) is 0.619. The Kier molecular flexibility index (Phi) is 9.07. The monoisotopic (exact) mass is 390 g/mol. The predicted octanol–water partition coefficient (Wildman–Crippen LogP) is 3.52. The Labute approximate surface area is 168 Å². The number of anilines is 1. The van der Waals surface area contributed by atoms with E-state index in [1.54, 1.807) is 7.11 Å². The lowest BCUT2D eigenvalue weighted by atomic mass is 9.83. The zero-order chi connectivity index (χ0) is 20.2. The van der Waals surface area contributed by atoms with Crippen molar-refractivity contribution in [3.8, 4) is 0 Å². The average Bonchev–Trinajstić information content (AvgIpc) is 3.18. The summed E-state index contributed by atoms with van der Waals surface area (Å²) < 4.78 is 9.92. The molecule has 0 radical (unpaired) electrons. The average molecular weight is 391 g/mol. The maximum Gasteiger partial charge on any atom is 0.411 e. The molecule has 1 saturated carbocycles. The van der Waals surface area contributed by atoms with E-state index in [9.17, 15) is 4.79 Å². The van der Waals surface area contributed by atoms with Gasteiger partial charge in [-0.1, -0.05) is 25.0 Å². The molecule has 1 aliphatic carbocycles. The van der Waals surface area contributed by atoms with E-state index in [-0.39, 0.29) is 0 Å². The summed E-state index contributed by atoms with van der Waals surface area (Å²) in [6.45, 7) is 5.18. The summed E-state index contributed by atoms with van der Waals surface area (Å²) in [7, 11) is 3.12. The van der Waals surface area contributed by atoms with E-state index in [1.165, 1.54) is 32.8 Å². The number of carbonyl (C=O) groups excluding carboxylic acids is 1. The van der Waals surface area contributed by atoms with Crippen molar-refractivity contribution in [3.63, 3.8) is 0 Å². The van der Waals surface area contributed by atoms with Crippen LogP contribution in [0, 0.1) is 5.41 Å². The number of guanidine groups is 1. The molecule has 1 fully saturated rings. The van der Waals surface area contributed by atoms with Gasteiger partial charge in [0.25, 0.3) is 0 Å². The van der Waals surface area contributed by atoms with Crippen molar-refractivity contribution in [2.24, 2.45) is 10.4 Å². The second kappa shape index (κ2) is 11.5. The number of nitrogens with zero attached hydrogens (tertiary/aromatic N) is 1. The molecule has 1 aromatic rings. The van der Waals surface area contributed by atoms with Gasteiger partial charge >= 0.3 is 6.09 Å². The van der Waals surface area contributed by atoms with E-state index >= 15 is 0 Å². The Bertz CT molecular complexity index is 625. The van der Waals surface area contributed by atoms with Gasteiger partial charge in [-0.05, 0) is 49.3 Å². The highest BCUT2D eigenvalue weighted by atomic mass is 16.5. The smallest absolute Gasteiger partial charge is 0.411 e. The van der Waals surface area contributed by atoms with Crippen molar-refractivity contribution in [3.05, 3.63) is 29.8 Å². The molecule has 1 aromatic carbocycles. The Morgan fingerprint density at radius 2 is 1.86 bits per heavy atom. The number of methoxy groups -OCH3 is 2. The first-order valence-electron chi connectivity index (χ1n) is 10.1. The highest BCUT2D eigenvalue weighted by molar-refractivity contribution is 5.84.